The third-order valence-corrected chi connectivity index (χ3v) is 5.54. The van der Waals surface area contributed by atoms with E-state index >= 15 is 0 Å². The summed E-state index contributed by atoms with van der Waals surface area (Å²) in [5.74, 6) is 1.29. The van der Waals surface area contributed by atoms with E-state index in [0.29, 0.717) is 12.3 Å². The van der Waals surface area contributed by atoms with Crippen LogP contribution >= 0.6 is 0 Å². The van der Waals surface area contributed by atoms with E-state index in [0.717, 1.165) is 54.4 Å². The van der Waals surface area contributed by atoms with Gasteiger partial charge in [-0.3, -0.25) is 14.8 Å². The minimum Gasteiger partial charge on any atom is -0.497 e. The van der Waals surface area contributed by atoms with E-state index < -0.39 is 0 Å². The maximum atomic E-state index is 12.6. The average Bonchev–Trinajstić information content (AvgIpc) is 3.29. The Kier molecular flexibility index (Phi) is 4.74. The summed E-state index contributed by atoms with van der Waals surface area (Å²) >= 11 is 0. The number of fused-ring (bicyclic) bond motifs is 1. The number of ether oxygens (including phenoxy) is 1. The van der Waals surface area contributed by atoms with Crippen molar-refractivity contribution in [2.45, 2.75) is 39.2 Å². The van der Waals surface area contributed by atoms with Crippen molar-refractivity contribution in [1.29, 1.82) is 0 Å². The largest absolute Gasteiger partial charge is 0.497 e. The second kappa shape index (κ2) is 7.19. The Morgan fingerprint density at radius 3 is 2.96 bits per heavy atom. The van der Waals surface area contributed by atoms with Crippen LogP contribution in [0.2, 0.25) is 0 Å². The highest BCUT2D eigenvalue weighted by Crippen LogP contribution is 2.28. The van der Waals surface area contributed by atoms with Crippen molar-refractivity contribution < 1.29 is 4.74 Å². The number of benzene rings is 1. The summed E-state index contributed by atoms with van der Waals surface area (Å²) in [6, 6.07) is 10.3. The van der Waals surface area contributed by atoms with Crippen LogP contribution in [0.15, 0.2) is 35.1 Å². The van der Waals surface area contributed by atoms with E-state index in [1.807, 2.05) is 32.0 Å². The van der Waals surface area contributed by atoms with Gasteiger partial charge in [0.25, 0.3) is 5.56 Å². The van der Waals surface area contributed by atoms with Crippen LogP contribution < -0.4 is 10.3 Å². The van der Waals surface area contributed by atoms with Gasteiger partial charge in [0, 0.05) is 42.0 Å². The standard InChI is InChI=1S/C21H26N4O2/c1-4-18-14(2)22-20-11-19(23-25(20)21(18)26)16-8-9-24(13-16)12-15-6-5-7-17(10-15)27-3/h5-7,10-11,16,23H,4,8-9,12-13H2,1-3H3. The predicted molar refractivity (Wildman–Crippen MR) is 106 cm³/mol. The van der Waals surface area contributed by atoms with Crippen LogP contribution in [0, 0.1) is 6.92 Å². The molecule has 1 N–H and O–H groups in total. The van der Waals surface area contributed by atoms with Crippen LogP contribution in [0.1, 0.15) is 41.8 Å². The number of rotatable bonds is 5. The molecule has 0 radical (unpaired) electrons. The number of nitrogens with one attached hydrogen (secondary N) is 1. The lowest BCUT2D eigenvalue weighted by molar-refractivity contribution is 0.325. The van der Waals surface area contributed by atoms with Crippen molar-refractivity contribution in [2.24, 2.45) is 0 Å². The highest BCUT2D eigenvalue weighted by molar-refractivity contribution is 5.42. The molecule has 1 aliphatic rings. The summed E-state index contributed by atoms with van der Waals surface area (Å²) < 4.78 is 6.92. The Balaban J connectivity index is 1.53. The summed E-state index contributed by atoms with van der Waals surface area (Å²) in [6.07, 6.45) is 1.78. The molecule has 0 bridgehead atoms. The van der Waals surface area contributed by atoms with E-state index in [-0.39, 0.29) is 5.56 Å². The summed E-state index contributed by atoms with van der Waals surface area (Å²) in [7, 11) is 1.70. The van der Waals surface area contributed by atoms with Crippen LogP contribution in [0.3, 0.4) is 0 Å². The summed E-state index contributed by atoms with van der Waals surface area (Å²) in [5, 5.41) is 3.31. The molecular formula is C21H26N4O2. The first kappa shape index (κ1) is 17.8. The fourth-order valence-electron chi connectivity index (χ4n) is 4.06. The first-order valence-electron chi connectivity index (χ1n) is 9.55. The molecule has 1 aromatic carbocycles. The SMILES string of the molecule is CCc1c(C)nc2cc(C3CCN(Cc4cccc(OC)c4)C3)[nH]n2c1=O. The molecule has 6 heteroatoms. The number of aromatic amines is 1. The van der Waals surface area contributed by atoms with E-state index in [1.54, 1.807) is 11.6 Å². The third kappa shape index (κ3) is 3.37. The number of aromatic nitrogens is 3. The molecule has 0 amide bonds. The van der Waals surface area contributed by atoms with Gasteiger partial charge in [-0.1, -0.05) is 19.1 Å². The Morgan fingerprint density at radius 1 is 1.33 bits per heavy atom. The highest BCUT2D eigenvalue weighted by atomic mass is 16.5. The van der Waals surface area contributed by atoms with Gasteiger partial charge in [-0.25, -0.2) is 9.50 Å². The normalized spacial score (nSPS) is 17.7. The van der Waals surface area contributed by atoms with Crippen molar-refractivity contribution >= 4 is 5.65 Å². The Bertz CT molecular complexity index is 1020. The molecular weight excluding hydrogens is 340 g/mol. The maximum absolute atomic E-state index is 12.6. The Labute approximate surface area is 158 Å². The van der Waals surface area contributed by atoms with Crippen molar-refractivity contribution in [3.63, 3.8) is 0 Å². The molecule has 142 valence electrons. The smallest absolute Gasteiger partial charge is 0.276 e. The molecule has 1 fully saturated rings. The average molecular weight is 366 g/mol. The van der Waals surface area contributed by atoms with Crippen LogP contribution in [0.25, 0.3) is 5.65 Å². The van der Waals surface area contributed by atoms with Gasteiger partial charge < -0.3 is 4.74 Å². The van der Waals surface area contributed by atoms with Crippen molar-refractivity contribution in [3.05, 3.63) is 63.2 Å². The number of nitrogens with zero attached hydrogens (tertiary/aromatic N) is 3. The van der Waals surface area contributed by atoms with E-state index in [4.69, 9.17) is 4.74 Å². The molecule has 4 rings (SSSR count). The first-order chi connectivity index (χ1) is 13.1. The van der Waals surface area contributed by atoms with Gasteiger partial charge in [-0.05, 0) is 44.0 Å². The molecule has 0 spiro atoms. The third-order valence-electron chi connectivity index (χ3n) is 5.54. The number of methoxy groups -OCH3 is 1. The lowest BCUT2D eigenvalue weighted by atomic mass is 10.1. The molecule has 0 saturated carbocycles. The van der Waals surface area contributed by atoms with Crippen molar-refractivity contribution in [2.75, 3.05) is 20.2 Å². The highest BCUT2D eigenvalue weighted by Gasteiger charge is 2.26. The van der Waals surface area contributed by atoms with Crippen LogP contribution in [-0.2, 0) is 13.0 Å². The van der Waals surface area contributed by atoms with E-state index in [2.05, 4.69) is 27.1 Å². The summed E-state index contributed by atoms with van der Waals surface area (Å²) in [6.45, 7) is 6.83. The fourth-order valence-corrected chi connectivity index (χ4v) is 4.06. The topological polar surface area (TPSA) is 62.6 Å². The van der Waals surface area contributed by atoms with Crippen LogP contribution in [0.5, 0.6) is 5.75 Å². The summed E-state index contributed by atoms with van der Waals surface area (Å²) in [4.78, 5) is 19.7. The van der Waals surface area contributed by atoms with Gasteiger partial charge in [0.05, 0.1) is 7.11 Å². The van der Waals surface area contributed by atoms with Gasteiger partial charge in [0.1, 0.15) is 5.75 Å². The minimum atomic E-state index is 0.0254. The second-order valence-electron chi connectivity index (χ2n) is 7.31. The van der Waals surface area contributed by atoms with Gasteiger partial charge in [0.15, 0.2) is 5.65 Å². The van der Waals surface area contributed by atoms with Gasteiger partial charge in [-0.15, -0.1) is 0 Å². The zero-order valence-corrected chi connectivity index (χ0v) is 16.2. The van der Waals surface area contributed by atoms with E-state index in [1.165, 1.54) is 5.56 Å². The number of hydrogen-bond acceptors (Lipinski definition) is 4. The molecule has 27 heavy (non-hydrogen) atoms. The molecule has 1 saturated heterocycles. The molecule has 1 atom stereocenters. The molecule has 1 unspecified atom stereocenters. The molecule has 6 nitrogen and oxygen atoms in total. The number of hydrogen-bond donors (Lipinski definition) is 1. The van der Waals surface area contributed by atoms with Crippen molar-refractivity contribution in [1.82, 2.24) is 19.5 Å². The quantitative estimate of drug-likeness (QED) is 0.754. The number of H-pyrrole nitrogens is 1. The van der Waals surface area contributed by atoms with Crippen LogP contribution in [-0.4, -0.2) is 39.7 Å². The molecule has 2 aromatic heterocycles. The maximum Gasteiger partial charge on any atom is 0.276 e. The Morgan fingerprint density at radius 2 is 2.19 bits per heavy atom. The molecule has 0 aliphatic carbocycles. The number of likely N-dealkylation sites (tertiary alicyclic amines) is 1. The van der Waals surface area contributed by atoms with Crippen LogP contribution in [0.4, 0.5) is 0 Å². The second-order valence-corrected chi connectivity index (χ2v) is 7.31. The minimum absolute atomic E-state index is 0.0254. The first-order valence-corrected chi connectivity index (χ1v) is 9.55. The zero-order chi connectivity index (χ0) is 19.0. The van der Waals surface area contributed by atoms with Gasteiger partial charge in [-0.2, -0.15) is 0 Å². The van der Waals surface area contributed by atoms with Gasteiger partial charge >= 0.3 is 0 Å². The number of aryl methyl sites for hydroxylation is 1. The molecule has 3 heterocycles. The van der Waals surface area contributed by atoms with Crippen molar-refractivity contribution in [3.8, 4) is 5.75 Å². The fraction of sp³-hybridized carbons (Fsp3) is 0.429. The van der Waals surface area contributed by atoms with Gasteiger partial charge in [0.2, 0.25) is 0 Å². The molecule has 3 aromatic rings. The Hall–Kier alpha value is -2.60. The molecule has 1 aliphatic heterocycles. The monoisotopic (exact) mass is 366 g/mol. The summed E-state index contributed by atoms with van der Waals surface area (Å²) in [5.41, 5.74) is 4.72. The zero-order valence-electron chi connectivity index (χ0n) is 16.2. The predicted octanol–water partition coefficient (Wildman–Crippen LogP) is 2.89. The lowest BCUT2D eigenvalue weighted by Gasteiger charge is -2.16. The lowest BCUT2D eigenvalue weighted by Crippen LogP contribution is -2.21. The van der Waals surface area contributed by atoms with E-state index in [9.17, 15) is 4.79 Å².